The van der Waals surface area contributed by atoms with Crippen LogP contribution in [0.15, 0.2) is 24.3 Å². The van der Waals surface area contributed by atoms with Crippen molar-refractivity contribution in [3.05, 3.63) is 50.1 Å². The van der Waals surface area contributed by atoms with Crippen molar-refractivity contribution in [1.82, 2.24) is 0 Å². The fourth-order valence-corrected chi connectivity index (χ4v) is 1.31. The fourth-order valence-electron chi connectivity index (χ4n) is 1.18. The molecule has 0 heterocycles. The Bertz CT molecular complexity index is 494. The molecule has 0 N–H and O–H groups in total. The summed E-state index contributed by atoms with van der Waals surface area (Å²) in [4.78, 5) is 30.6. The molecule has 1 aromatic carbocycles. The Labute approximate surface area is 103 Å². The van der Waals surface area contributed by atoms with Gasteiger partial charge >= 0.3 is 0 Å². The summed E-state index contributed by atoms with van der Waals surface area (Å²) in [5.41, 5.74) is -1.07. The van der Waals surface area contributed by atoms with Crippen molar-refractivity contribution < 1.29 is 14.6 Å². The maximum Gasteiger partial charge on any atom is 0.283 e. The van der Waals surface area contributed by atoms with Gasteiger partial charge in [-0.2, -0.15) is 0 Å². The van der Waals surface area contributed by atoms with Gasteiger partial charge in [0.1, 0.15) is 5.56 Å². The highest BCUT2D eigenvalue weighted by Crippen LogP contribution is 2.29. The number of benzene rings is 1. The van der Waals surface area contributed by atoms with Crippen LogP contribution < -0.4 is 0 Å². The fraction of sp³-hybridized carbons (Fsp3) is 0. The van der Waals surface area contributed by atoms with Crippen molar-refractivity contribution in [1.29, 1.82) is 0 Å². The standard InChI is InChI=1S/C9H5BrN2O5/c10-9(13)5-4-6-7(11(14)15)2-1-3-8(6)12(16)17/h1-5H. The Kier molecular flexibility index (Phi) is 4.05. The number of nitro benzene ring substituents is 2. The average molecular weight is 301 g/mol. The van der Waals surface area contributed by atoms with Crippen LogP contribution in [0.4, 0.5) is 11.4 Å². The summed E-state index contributed by atoms with van der Waals surface area (Å²) < 4.78 is -0.537. The average Bonchev–Trinajstić information content (AvgIpc) is 2.25. The topological polar surface area (TPSA) is 103 Å². The third-order valence-electron chi connectivity index (χ3n) is 1.83. The molecular weight excluding hydrogens is 296 g/mol. The van der Waals surface area contributed by atoms with Crippen LogP contribution in [0, 0.1) is 20.2 Å². The Morgan fingerprint density at radius 1 is 1.18 bits per heavy atom. The minimum atomic E-state index is -0.745. The van der Waals surface area contributed by atoms with Crippen molar-refractivity contribution in [2.45, 2.75) is 0 Å². The van der Waals surface area contributed by atoms with Gasteiger partial charge in [-0.25, -0.2) is 0 Å². The van der Waals surface area contributed by atoms with Crippen molar-refractivity contribution in [3.8, 4) is 0 Å². The van der Waals surface area contributed by atoms with Gasteiger partial charge in [-0.15, -0.1) is 0 Å². The molecule has 0 bridgehead atoms. The van der Waals surface area contributed by atoms with E-state index in [1.807, 2.05) is 0 Å². The molecule has 0 aliphatic rings. The van der Waals surface area contributed by atoms with Crippen LogP contribution in [0.3, 0.4) is 0 Å². The van der Waals surface area contributed by atoms with E-state index in [0.717, 1.165) is 24.3 Å². The number of nitro groups is 2. The van der Waals surface area contributed by atoms with Crippen LogP contribution >= 0.6 is 15.9 Å². The maximum atomic E-state index is 10.7. The SMILES string of the molecule is O=C(Br)C=Cc1c([N+](=O)[O-])cccc1[N+](=O)[O-]. The lowest BCUT2D eigenvalue weighted by Crippen LogP contribution is -1.97. The van der Waals surface area contributed by atoms with Crippen LogP contribution in [0.2, 0.25) is 0 Å². The zero-order valence-corrected chi connectivity index (χ0v) is 9.79. The number of rotatable bonds is 4. The molecule has 0 amide bonds. The number of halogens is 1. The molecule has 0 spiro atoms. The molecule has 0 unspecified atom stereocenters. The van der Waals surface area contributed by atoms with Gasteiger partial charge in [-0.1, -0.05) is 0 Å². The summed E-state index contributed by atoms with van der Waals surface area (Å²) >= 11 is 2.59. The molecule has 0 saturated carbocycles. The molecule has 0 fully saturated rings. The van der Waals surface area contributed by atoms with E-state index in [-0.39, 0.29) is 5.56 Å². The third kappa shape index (κ3) is 3.18. The van der Waals surface area contributed by atoms with Gasteiger partial charge in [-0.05, 0) is 34.1 Å². The van der Waals surface area contributed by atoms with Gasteiger partial charge in [0, 0.05) is 12.1 Å². The molecule has 8 heteroatoms. The van der Waals surface area contributed by atoms with Crippen molar-refractivity contribution in [2.24, 2.45) is 0 Å². The van der Waals surface area contributed by atoms with E-state index in [0.29, 0.717) is 0 Å². The Balaban J connectivity index is 3.43. The van der Waals surface area contributed by atoms with Gasteiger partial charge in [0.25, 0.3) is 11.4 Å². The maximum absolute atomic E-state index is 10.7. The molecule has 0 atom stereocenters. The van der Waals surface area contributed by atoms with Gasteiger partial charge in [0.15, 0.2) is 0 Å². The second-order valence-electron chi connectivity index (χ2n) is 2.86. The molecule has 88 valence electrons. The molecule has 0 saturated heterocycles. The zero-order chi connectivity index (χ0) is 13.0. The quantitative estimate of drug-likeness (QED) is 0.367. The summed E-state index contributed by atoms with van der Waals surface area (Å²) in [7, 11) is 0. The molecule has 17 heavy (non-hydrogen) atoms. The third-order valence-corrected chi connectivity index (χ3v) is 2.10. The molecular formula is C9H5BrN2O5. The summed E-state index contributed by atoms with van der Waals surface area (Å²) in [6.07, 6.45) is 2.00. The summed E-state index contributed by atoms with van der Waals surface area (Å²) in [6, 6.07) is 3.47. The normalized spacial score (nSPS) is 10.4. The lowest BCUT2D eigenvalue weighted by Gasteiger charge is -1.98. The van der Waals surface area contributed by atoms with E-state index in [2.05, 4.69) is 15.9 Å². The summed E-state index contributed by atoms with van der Waals surface area (Å²) in [6.45, 7) is 0. The van der Waals surface area contributed by atoms with E-state index in [4.69, 9.17) is 0 Å². The monoisotopic (exact) mass is 300 g/mol. The second kappa shape index (κ2) is 5.30. The molecule has 1 rings (SSSR count). The molecule has 0 aliphatic carbocycles. The number of hydrogen-bond donors (Lipinski definition) is 0. The summed E-state index contributed by atoms with van der Waals surface area (Å²) in [5.74, 6) is 0. The first-order chi connectivity index (χ1) is 7.93. The molecule has 0 aromatic heterocycles. The number of carbonyl (C=O) groups excluding carboxylic acids is 1. The highest BCUT2D eigenvalue weighted by Gasteiger charge is 2.22. The van der Waals surface area contributed by atoms with Crippen LogP contribution in [0.5, 0.6) is 0 Å². The second-order valence-corrected chi connectivity index (χ2v) is 3.64. The van der Waals surface area contributed by atoms with E-state index < -0.39 is 25.9 Å². The first-order valence-electron chi connectivity index (χ1n) is 4.23. The highest BCUT2D eigenvalue weighted by molar-refractivity contribution is 9.18. The van der Waals surface area contributed by atoms with Crippen LogP contribution in [0.1, 0.15) is 5.56 Å². The highest BCUT2D eigenvalue weighted by atomic mass is 79.9. The van der Waals surface area contributed by atoms with E-state index >= 15 is 0 Å². The van der Waals surface area contributed by atoms with Crippen molar-refractivity contribution >= 4 is 38.1 Å². The number of allylic oxidation sites excluding steroid dienone is 1. The lowest BCUT2D eigenvalue weighted by molar-refractivity contribution is -0.394. The van der Waals surface area contributed by atoms with Crippen molar-refractivity contribution in [2.75, 3.05) is 0 Å². The molecule has 7 nitrogen and oxygen atoms in total. The Morgan fingerprint density at radius 2 is 1.65 bits per heavy atom. The molecule has 0 aliphatic heterocycles. The van der Waals surface area contributed by atoms with Gasteiger partial charge < -0.3 is 0 Å². The molecule has 1 aromatic rings. The smallest absolute Gasteiger partial charge is 0.282 e. The number of nitrogens with zero attached hydrogens (tertiary/aromatic N) is 2. The largest absolute Gasteiger partial charge is 0.283 e. The van der Waals surface area contributed by atoms with Crippen molar-refractivity contribution in [3.63, 3.8) is 0 Å². The van der Waals surface area contributed by atoms with E-state index in [9.17, 15) is 25.0 Å². The zero-order valence-electron chi connectivity index (χ0n) is 8.20. The minimum Gasteiger partial charge on any atom is -0.282 e. The van der Waals surface area contributed by atoms with E-state index in [1.165, 1.54) is 6.07 Å². The number of carbonyl (C=O) groups is 1. The van der Waals surface area contributed by atoms with Gasteiger partial charge in [0.05, 0.1) is 9.85 Å². The predicted octanol–water partition coefficient (Wildman–Crippen LogP) is 2.44. The van der Waals surface area contributed by atoms with Crippen LogP contribution in [-0.4, -0.2) is 14.5 Å². The van der Waals surface area contributed by atoms with Gasteiger partial charge in [0.2, 0.25) is 4.69 Å². The summed E-state index contributed by atoms with van der Waals surface area (Å²) in [5, 5.41) is 21.4. The Morgan fingerprint density at radius 3 is 2.00 bits per heavy atom. The Hall–Kier alpha value is -2.09. The van der Waals surface area contributed by atoms with Crippen LogP contribution in [-0.2, 0) is 4.79 Å². The van der Waals surface area contributed by atoms with E-state index in [1.54, 1.807) is 0 Å². The minimum absolute atomic E-state index is 0.213. The van der Waals surface area contributed by atoms with Crippen LogP contribution in [0.25, 0.3) is 6.08 Å². The number of hydrogen-bond acceptors (Lipinski definition) is 5. The first-order valence-corrected chi connectivity index (χ1v) is 5.02. The lowest BCUT2D eigenvalue weighted by atomic mass is 10.1. The molecule has 0 radical (unpaired) electrons. The first kappa shape index (κ1) is 13.0. The van der Waals surface area contributed by atoms with Gasteiger partial charge in [-0.3, -0.25) is 25.0 Å². The predicted molar refractivity (Wildman–Crippen MR) is 62.7 cm³/mol.